The summed E-state index contributed by atoms with van der Waals surface area (Å²) >= 11 is 0. The first kappa shape index (κ1) is 22.7. The van der Waals surface area contributed by atoms with E-state index in [4.69, 9.17) is 9.73 Å². The highest BCUT2D eigenvalue weighted by Crippen LogP contribution is 2.32. The molecule has 0 radical (unpaired) electrons. The van der Waals surface area contributed by atoms with E-state index in [-0.39, 0.29) is 0 Å². The Hall–Kier alpha value is -3.48. The van der Waals surface area contributed by atoms with Crippen LogP contribution in [0.5, 0.6) is 5.75 Å². The van der Waals surface area contributed by atoms with Crippen LogP contribution in [0.3, 0.4) is 0 Å². The number of methoxy groups -OCH3 is 1. The number of aliphatic imine (C=N–C) groups is 1. The highest BCUT2D eigenvalue weighted by atomic mass is 16.5. The molecular formula is C26H34N6O. The molecule has 7 nitrogen and oxygen atoms in total. The summed E-state index contributed by atoms with van der Waals surface area (Å²) in [7, 11) is 3.79. The summed E-state index contributed by atoms with van der Waals surface area (Å²) in [5.41, 5.74) is 3.34. The molecular weight excluding hydrogens is 412 g/mol. The summed E-state index contributed by atoms with van der Waals surface area (Å²) in [5.74, 6) is 3.28. The number of ether oxygens (including phenoxy) is 1. The summed E-state index contributed by atoms with van der Waals surface area (Å²) in [6, 6.07) is 18.5. The maximum Gasteiger partial charge on any atom is 0.194 e. The molecule has 174 valence electrons. The summed E-state index contributed by atoms with van der Waals surface area (Å²) in [4.78, 5) is 17.5. The molecule has 2 heterocycles. The average Bonchev–Trinajstić information content (AvgIpc) is 3.52. The molecule has 33 heavy (non-hydrogen) atoms. The second-order valence-corrected chi connectivity index (χ2v) is 8.43. The first-order chi connectivity index (χ1) is 16.2. The summed E-state index contributed by atoms with van der Waals surface area (Å²) in [5, 5.41) is 3.43. The molecule has 1 unspecified atom stereocenters. The van der Waals surface area contributed by atoms with Crippen molar-refractivity contribution < 1.29 is 4.74 Å². The fourth-order valence-corrected chi connectivity index (χ4v) is 4.28. The van der Waals surface area contributed by atoms with Gasteiger partial charge < -0.3 is 24.8 Å². The van der Waals surface area contributed by atoms with Gasteiger partial charge in [-0.1, -0.05) is 42.5 Å². The van der Waals surface area contributed by atoms with Crippen LogP contribution in [0.15, 0.2) is 65.8 Å². The monoisotopic (exact) mass is 446 g/mol. The number of hydrogen-bond acceptors (Lipinski definition) is 4. The van der Waals surface area contributed by atoms with Gasteiger partial charge >= 0.3 is 0 Å². The maximum atomic E-state index is 5.55. The number of rotatable bonds is 8. The molecule has 0 saturated carbocycles. The van der Waals surface area contributed by atoms with Gasteiger partial charge in [0, 0.05) is 33.2 Å². The number of H-pyrrole nitrogens is 1. The van der Waals surface area contributed by atoms with Crippen molar-refractivity contribution in [2.45, 2.75) is 19.9 Å². The van der Waals surface area contributed by atoms with Crippen LogP contribution < -0.4 is 15.0 Å². The number of benzene rings is 2. The van der Waals surface area contributed by atoms with Crippen molar-refractivity contribution >= 4 is 11.6 Å². The number of nitrogens with zero attached hydrogens (tertiary/aromatic N) is 4. The molecule has 1 atom stereocenters. The third-order valence-electron chi connectivity index (χ3n) is 6.01. The quantitative estimate of drug-likeness (QED) is 0.404. The van der Waals surface area contributed by atoms with E-state index in [2.05, 4.69) is 63.3 Å². The Morgan fingerprint density at radius 2 is 2.00 bits per heavy atom. The minimum atomic E-state index is 0.519. The molecule has 1 aliphatic rings. The number of para-hydroxylation sites is 2. The molecule has 2 aromatic carbocycles. The molecule has 7 heteroatoms. The van der Waals surface area contributed by atoms with Gasteiger partial charge in [0.1, 0.15) is 11.6 Å². The van der Waals surface area contributed by atoms with E-state index in [1.165, 1.54) is 5.69 Å². The topological polar surface area (TPSA) is 68.8 Å². The Balaban J connectivity index is 1.37. The zero-order valence-corrected chi connectivity index (χ0v) is 19.8. The largest absolute Gasteiger partial charge is 0.495 e. The van der Waals surface area contributed by atoms with Gasteiger partial charge in [0.2, 0.25) is 0 Å². The second kappa shape index (κ2) is 10.9. The minimum absolute atomic E-state index is 0.519. The van der Waals surface area contributed by atoms with Gasteiger partial charge in [-0.3, -0.25) is 4.99 Å². The fourth-order valence-electron chi connectivity index (χ4n) is 4.28. The lowest BCUT2D eigenvalue weighted by molar-refractivity contribution is 0.414. The van der Waals surface area contributed by atoms with Crippen molar-refractivity contribution in [1.29, 1.82) is 0 Å². The van der Waals surface area contributed by atoms with Crippen LogP contribution in [0.4, 0.5) is 5.69 Å². The van der Waals surface area contributed by atoms with E-state index in [0.717, 1.165) is 61.4 Å². The molecule has 1 aliphatic heterocycles. The van der Waals surface area contributed by atoms with Crippen molar-refractivity contribution in [3.8, 4) is 17.0 Å². The zero-order chi connectivity index (χ0) is 23.0. The number of guanidine groups is 1. The Bertz CT molecular complexity index is 1050. The van der Waals surface area contributed by atoms with Gasteiger partial charge in [-0.25, -0.2) is 4.98 Å². The number of aromatic amines is 1. The van der Waals surface area contributed by atoms with Crippen molar-refractivity contribution in [2.75, 3.05) is 45.2 Å². The van der Waals surface area contributed by atoms with Crippen LogP contribution in [0, 0.1) is 5.92 Å². The van der Waals surface area contributed by atoms with Gasteiger partial charge in [-0.05, 0) is 37.0 Å². The fraction of sp³-hybridized carbons (Fsp3) is 0.385. The first-order valence-electron chi connectivity index (χ1n) is 11.6. The van der Waals surface area contributed by atoms with E-state index in [9.17, 15) is 0 Å². The number of imidazole rings is 1. The zero-order valence-electron chi connectivity index (χ0n) is 19.8. The molecule has 1 fully saturated rings. The highest BCUT2D eigenvalue weighted by Gasteiger charge is 2.24. The van der Waals surface area contributed by atoms with E-state index >= 15 is 0 Å². The minimum Gasteiger partial charge on any atom is -0.495 e. The lowest BCUT2D eigenvalue weighted by Crippen LogP contribution is -2.39. The number of hydrogen-bond donors (Lipinski definition) is 2. The van der Waals surface area contributed by atoms with Crippen molar-refractivity contribution in [3.63, 3.8) is 0 Å². The molecule has 0 amide bonds. The molecule has 0 spiro atoms. The Labute approximate surface area is 196 Å². The van der Waals surface area contributed by atoms with E-state index in [0.29, 0.717) is 12.5 Å². The average molecular weight is 447 g/mol. The predicted molar refractivity (Wildman–Crippen MR) is 135 cm³/mol. The van der Waals surface area contributed by atoms with Crippen LogP contribution in [0.25, 0.3) is 11.3 Å². The summed E-state index contributed by atoms with van der Waals surface area (Å²) in [6.07, 6.45) is 3.02. The van der Waals surface area contributed by atoms with Gasteiger partial charge in [0.05, 0.1) is 31.2 Å². The second-order valence-electron chi connectivity index (χ2n) is 8.43. The molecule has 1 saturated heterocycles. The molecule has 4 rings (SSSR count). The van der Waals surface area contributed by atoms with Crippen molar-refractivity contribution in [2.24, 2.45) is 10.9 Å². The highest BCUT2D eigenvalue weighted by molar-refractivity contribution is 5.79. The number of anilines is 1. The van der Waals surface area contributed by atoms with Crippen LogP contribution >= 0.6 is 0 Å². The van der Waals surface area contributed by atoms with Gasteiger partial charge in [0.25, 0.3) is 0 Å². The first-order valence-corrected chi connectivity index (χ1v) is 11.6. The molecule has 0 aliphatic carbocycles. The van der Waals surface area contributed by atoms with Gasteiger partial charge in [-0.15, -0.1) is 0 Å². The Kier molecular flexibility index (Phi) is 7.50. The smallest absolute Gasteiger partial charge is 0.194 e. The van der Waals surface area contributed by atoms with Crippen molar-refractivity contribution in [3.05, 3.63) is 66.6 Å². The maximum absolute atomic E-state index is 5.55. The lowest BCUT2D eigenvalue weighted by Gasteiger charge is -2.22. The third kappa shape index (κ3) is 5.66. The van der Waals surface area contributed by atoms with Crippen molar-refractivity contribution in [1.82, 2.24) is 20.2 Å². The van der Waals surface area contributed by atoms with E-state index in [1.807, 2.05) is 36.5 Å². The van der Waals surface area contributed by atoms with E-state index < -0.39 is 0 Å². The van der Waals surface area contributed by atoms with Gasteiger partial charge in [0.15, 0.2) is 5.96 Å². The van der Waals surface area contributed by atoms with Crippen LogP contribution in [-0.2, 0) is 6.54 Å². The molecule has 3 aromatic rings. The Morgan fingerprint density at radius 1 is 1.21 bits per heavy atom. The standard InChI is InChI=1S/C26H34N6O/c1-4-27-26(31(2)19-25-28-17-22(30-25)21-10-6-5-7-11-21)29-16-20-14-15-32(18-20)23-12-8-9-13-24(23)33-3/h5-13,17,20H,4,14-16,18-19H2,1-3H3,(H,27,29)(H,28,30). The van der Waals surface area contributed by atoms with Crippen LogP contribution in [0.2, 0.25) is 0 Å². The third-order valence-corrected chi connectivity index (χ3v) is 6.01. The normalized spacial score (nSPS) is 16.2. The number of nitrogens with one attached hydrogen (secondary N) is 2. The Morgan fingerprint density at radius 3 is 2.79 bits per heavy atom. The summed E-state index contributed by atoms with van der Waals surface area (Å²) in [6.45, 7) is 6.41. The lowest BCUT2D eigenvalue weighted by atomic mass is 10.1. The van der Waals surface area contributed by atoms with Gasteiger partial charge in [-0.2, -0.15) is 0 Å². The molecule has 1 aromatic heterocycles. The number of aromatic nitrogens is 2. The summed E-state index contributed by atoms with van der Waals surface area (Å²) < 4.78 is 5.55. The van der Waals surface area contributed by atoms with Crippen LogP contribution in [-0.4, -0.2) is 61.2 Å². The molecule has 0 bridgehead atoms. The molecule has 2 N–H and O–H groups in total. The van der Waals surface area contributed by atoms with Crippen LogP contribution in [0.1, 0.15) is 19.2 Å². The predicted octanol–water partition coefficient (Wildman–Crippen LogP) is 4.01. The SMILES string of the molecule is CCNC(=NCC1CCN(c2ccccc2OC)C1)N(C)Cc1ncc(-c2ccccc2)[nH]1. The van der Waals surface area contributed by atoms with E-state index in [1.54, 1.807) is 7.11 Å².